The van der Waals surface area contributed by atoms with E-state index in [9.17, 15) is 0 Å². The van der Waals surface area contributed by atoms with Crippen molar-refractivity contribution >= 4 is 12.4 Å². The predicted molar refractivity (Wildman–Crippen MR) is 72.0 cm³/mol. The second kappa shape index (κ2) is 6.83. The van der Waals surface area contributed by atoms with Gasteiger partial charge in [-0.2, -0.15) is 0 Å². The molecule has 1 saturated heterocycles. The third-order valence-corrected chi connectivity index (χ3v) is 4.29. The fourth-order valence-electron chi connectivity index (χ4n) is 3.33. The summed E-state index contributed by atoms with van der Waals surface area (Å²) < 4.78 is 0. The van der Waals surface area contributed by atoms with Gasteiger partial charge in [0.25, 0.3) is 0 Å². The van der Waals surface area contributed by atoms with Crippen LogP contribution < -0.4 is 5.73 Å². The van der Waals surface area contributed by atoms with E-state index in [4.69, 9.17) is 5.73 Å². The summed E-state index contributed by atoms with van der Waals surface area (Å²) in [7, 11) is 0. The molecule has 3 atom stereocenters. The average Bonchev–Trinajstić information content (AvgIpc) is 2.64. The van der Waals surface area contributed by atoms with E-state index in [1.165, 1.54) is 51.6 Å². The van der Waals surface area contributed by atoms with Crippen molar-refractivity contribution in [3.8, 4) is 0 Å². The van der Waals surface area contributed by atoms with Crippen molar-refractivity contribution in [3.05, 3.63) is 0 Å². The van der Waals surface area contributed by atoms with Gasteiger partial charge in [-0.05, 0) is 37.6 Å². The first-order valence-corrected chi connectivity index (χ1v) is 6.76. The predicted octanol–water partition coefficient (Wildman–Crippen LogP) is 2.66. The summed E-state index contributed by atoms with van der Waals surface area (Å²) in [4.78, 5) is 2.59. The van der Waals surface area contributed by atoms with E-state index in [1.54, 1.807) is 0 Å². The molecule has 3 heteroatoms. The maximum atomic E-state index is 5.94. The number of rotatable bonds is 3. The van der Waals surface area contributed by atoms with Gasteiger partial charge in [0.05, 0.1) is 0 Å². The Bertz CT molecular complexity index is 198. The highest BCUT2D eigenvalue weighted by atomic mass is 35.5. The minimum absolute atomic E-state index is 0. The van der Waals surface area contributed by atoms with Gasteiger partial charge >= 0.3 is 0 Å². The first kappa shape index (κ1) is 14.3. The van der Waals surface area contributed by atoms with E-state index in [0.717, 1.165) is 18.4 Å². The summed E-state index contributed by atoms with van der Waals surface area (Å²) in [6.45, 7) is 6.06. The topological polar surface area (TPSA) is 29.3 Å². The fourth-order valence-corrected chi connectivity index (χ4v) is 3.33. The van der Waals surface area contributed by atoms with Crippen molar-refractivity contribution < 1.29 is 0 Å². The third-order valence-electron chi connectivity index (χ3n) is 4.29. The molecule has 0 radical (unpaired) electrons. The van der Waals surface area contributed by atoms with Crippen molar-refractivity contribution in [3.63, 3.8) is 0 Å². The van der Waals surface area contributed by atoms with E-state index in [0.29, 0.717) is 6.04 Å². The SMILES string of the molecule is CCC1CCCC(CN2CC[C@H](N)C2)C1.Cl. The lowest BCUT2D eigenvalue weighted by molar-refractivity contribution is 0.192. The third kappa shape index (κ3) is 3.90. The number of halogens is 1. The zero-order valence-electron chi connectivity index (χ0n) is 10.5. The molecule has 0 aromatic rings. The molecule has 1 aliphatic carbocycles. The first-order chi connectivity index (χ1) is 7.28. The molecule has 0 spiro atoms. The van der Waals surface area contributed by atoms with E-state index in [1.807, 2.05) is 0 Å². The Hall–Kier alpha value is 0.210. The van der Waals surface area contributed by atoms with Gasteiger partial charge in [-0.1, -0.05) is 26.2 Å². The van der Waals surface area contributed by atoms with Crippen molar-refractivity contribution in [2.75, 3.05) is 19.6 Å². The molecule has 2 nitrogen and oxygen atoms in total. The van der Waals surface area contributed by atoms with Gasteiger partial charge in [0.15, 0.2) is 0 Å². The van der Waals surface area contributed by atoms with Crippen LogP contribution in [-0.4, -0.2) is 30.6 Å². The maximum absolute atomic E-state index is 5.94. The number of nitrogens with zero attached hydrogens (tertiary/aromatic N) is 1. The second-order valence-corrected chi connectivity index (χ2v) is 5.62. The smallest absolute Gasteiger partial charge is 0.0180 e. The van der Waals surface area contributed by atoms with Crippen LogP contribution in [0.15, 0.2) is 0 Å². The molecule has 2 rings (SSSR count). The van der Waals surface area contributed by atoms with Crippen molar-refractivity contribution in [1.29, 1.82) is 0 Å². The standard InChI is InChI=1S/C13H26N2.ClH/c1-2-11-4-3-5-12(8-11)9-15-7-6-13(14)10-15;/h11-13H,2-10,14H2,1H3;1H/t11?,12?,13-;/m0./s1. The molecule has 1 aliphatic heterocycles. The Balaban J connectivity index is 0.00000128. The molecule has 2 aliphatic rings. The van der Waals surface area contributed by atoms with Gasteiger partial charge in [-0.3, -0.25) is 0 Å². The molecule has 1 saturated carbocycles. The highest BCUT2D eigenvalue weighted by molar-refractivity contribution is 5.85. The summed E-state index contributed by atoms with van der Waals surface area (Å²) in [5, 5.41) is 0. The van der Waals surface area contributed by atoms with Crippen molar-refractivity contribution in [2.45, 2.75) is 51.5 Å². The van der Waals surface area contributed by atoms with E-state index >= 15 is 0 Å². The highest BCUT2D eigenvalue weighted by Gasteiger charge is 2.25. The van der Waals surface area contributed by atoms with Crippen LogP contribution in [0.2, 0.25) is 0 Å². The Morgan fingerprint density at radius 2 is 1.94 bits per heavy atom. The molecule has 0 aromatic carbocycles. The van der Waals surface area contributed by atoms with Crippen molar-refractivity contribution in [1.82, 2.24) is 4.90 Å². The van der Waals surface area contributed by atoms with Gasteiger partial charge < -0.3 is 10.6 Å². The van der Waals surface area contributed by atoms with Crippen LogP contribution in [0.25, 0.3) is 0 Å². The minimum atomic E-state index is 0. The zero-order valence-corrected chi connectivity index (χ0v) is 11.3. The van der Waals surface area contributed by atoms with E-state index in [2.05, 4.69) is 11.8 Å². The summed E-state index contributed by atoms with van der Waals surface area (Å²) >= 11 is 0. The first-order valence-electron chi connectivity index (χ1n) is 6.76. The van der Waals surface area contributed by atoms with Gasteiger partial charge in [0, 0.05) is 19.1 Å². The Morgan fingerprint density at radius 3 is 2.56 bits per heavy atom. The lowest BCUT2D eigenvalue weighted by Gasteiger charge is -2.31. The van der Waals surface area contributed by atoms with Gasteiger partial charge in [-0.25, -0.2) is 0 Å². The molecule has 2 fully saturated rings. The van der Waals surface area contributed by atoms with Crippen LogP contribution in [0.5, 0.6) is 0 Å². The Morgan fingerprint density at radius 1 is 1.19 bits per heavy atom. The summed E-state index contributed by atoms with van der Waals surface area (Å²) in [6.07, 6.45) is 8.47. The monoisotopic (exact) mass is 246 g/mol. The number of likely N-dealkylation sites (tertiary alicyclic amines) is 1. The molecule has 1 heterocycles. The van der Waals surface area contributed by atoms with Crippen LogP contribution in [0.3, 0.4) is 0 Å². The average molecular weight is 247 g/mol. The molecule has 0 bridgehead atoms. The molecule has 0 amide bonds. The quantitative estimate of drug-likeness (QED) is 0.830. The van der Waals surface area contributed by atoms with Crippen LogP contribution in [0, 0.1) is 11.8 Å². The number of hydrogen-bond acceptors (Lipinski definition) is 2. The maximum Gasteiger partial charge on any atom is 0.0180 e. The number of nitrogens with two attached hydrogens (primary N) is 1. The lowest BCUT2D eigenvalue weighted by atomic mass is 9.80. The van der Waals surface area contributed by atoms with E-state index in [-0.39, 0.29) is 12.4 Å². The fraction of sp³-hybridized carbons (Fsp3) is 1.00. The van der Waals surface area contributed by atoms with Crippen LogP contribution in [-0.2, 0) is 0 Å². The van der Waals surface area contributed by atoms with Crippen LogP contribution in [0.1, 0.15) is 45.4 Å². The van der Waals surface area contributed by atoms with Crippen molar-refractivity contribution in [2.24, 2.45) is 17.6 Å². The highest BCUT2D eigenvalue weighted by Crippen LogP contribution is 2.31. The van der Waals surface area contributed by atoms with Crippen LogP contribution >= 0.6 is 12.4 Å². The summed E-state index contributed by atoms with van der Waals surface area (Å²) in [6, 6.07) is 0.454. The molecular formula is C13H27ClN2. The number of hydrogen-bond donors (Lipinski definition) is 1. The zero-order chi connectivity index (χ0) is 10.7. The largest absolute Gasteiger partial charge is 0.326 e. The summed E-state index contributed by atoms with van der Waals surface area (Å²) in [5.74, 6) is 1.98. The second-order valence-electron chi connectivity index (χ2n) is 5.62. The van der Waals surface area contributed by atoms with Gasteiger partial charge in [0.1, 0.15) is 0 Å². The molecule has 0 aromatic heterocycles. The molecular weight excluding hydrogens is 220 g/mol. The molecule has 2 unspecified atom stereocenters. The van der Waals surface area contributed by atoms with Gasteiger partial charge in [0.2, 0.25) is 0 Å². The van der Waals surface area contributed by atoms with E-state index < -0.39 is 0 Å². The normalized spacial score (nSPS) is 36.0. The Labute approximate surface area is 106 Å². The van der Waals surface area contributed by atoms with Crippen LogP contribution in [0.4, 0.5) is 0 Å². The molecule has 96 valence electrons. The Kier molecular flexibility index (Phi) is 6.09. The molecule has 16 heavy (non-hydrogen) atoms. The minimum Gasteiger partial charge on any atom is -0.326 e. The summed E-state index contributed by atoms with van der Waals surface area (Å²) in [5.41, 5.74) is 5.94. The van der Waals surface area contributed by atoms with Gasteiger partial charge in [-0.15, -0.1) is 12.4 Å². The lowest BCUT2D eigenvalue weighted by Crippen LogP contribution is -2.32. The molecule has 2 N–H and O–H groups in total.